The van der Waals surface area contributed by atoms with Gasteiger partial charge in [0.05, 0.1) is 19.4 Å². The van der Waals surface area contributed by atoms with Crippen molar-refractivity contribution < 1.29 is 86.6 Å². The van der Waals surface area contributed by atoms with Crippen molar-refractivity contribution in [3.8, 4) is 0 Å². The van der Waals surface area contributed by atoms with Gasteiger partial charge in [-0.25, -0.2) is 4.79 Å². The predicted molar refractivity (Wildman–Crippen MR) is 400 cm³/mol. The molecule has 0 radical (unpaired) electrons. The number of nitrogens with one attached hydrogen (secondary N) is 12. The second kappa shape index (κ2) is 45.4. The number of aliphatic hydroxyl groups is 1. The van der Waals surface area contributed by atoms with Crippen molar-refractivity contribution in [3.05, 3.63) is 71.9 Å². The largest absolute Gasteiger partial charge is 0.460 e. The number of hydrogen-bond acceptors (Lipinski definition) is 20. The number of hydrogen-bond donors (Lipinski definition) is 16. The van der Waals surface area contributed by atoms with Crippen LogP contribution in [0.15, 0.2) is 60.8 Å². The number of aliphatic hydroxyl groups excluding tert-OH is 1. The van der Waals surface area contributed by atoms with Crippen LogP contribution in [0, 0.1) is 17.8 Å². The molecular formula is C74H113N17O18. The first-order valence-corrected chi connectivity index (χ1v) is 36.9. The van der Waals surface area contributed by atoms with Crippen LogP contribution in [0.3, 0.4) is 0 Å². The second-order valence-electron chi connectivity index (χ2n) is 28.6. The molecule has 14 amide bonds. The number of cyclic esters (lactones) is 1. The molecule has 0 spiro atoms. The molecular weight excluding hydrogens is 1410 g/mol. The van der Waals surface area contributed by atoms with Gasteiger partial charge < -0.3 is 105 Å². The summed E-state index contributed by atoms with van der Waals surface area (Å²) < 4.78 is 6.08. The molecule has 1 saturated heterocycles. The minimum absolute atomic E-state index is 0.00128. The summed E-state index contributed by atoms with van der Waals surface area (Å²) in [6.07, 6.45) is -2.97. The van der Waals surface area contributed by atoms with Crippen molar-refractivity contribution in [1.82, 2.24) is 73.3 Å². The molecule has 3 aromatic rings. The van der Waals surface area contributed by atoms with E-state index < -0.39 is 199 Å². The van der Waals surface area contributed by atoms with Crippen LogP contribution in [0.5, 0.6) is 0 Å². The topological polar surface area (TPSA) is 535 Å². The lowest BCUT2D eigenvalue weighted by molar-refractivity contribution is -0.162. The van der Waals surface area contributed by atoms with Gasteiger partial charge in [-0.3, -0.25) is 67.1 Å². The van der Waals surface area contributed by atoms with Crippen molar-refractivity contribution in [3.63, 3.8) is 0 Å². The number of aldehydes is 1. The molecule has 0 bridgehead atoms. The zero-order valence-corrected chi connectivity index (χ0v) is 64.1. The number of ether oxygens (including phenoxy) is 1. The molecule has 19 N–H and O–H groups in total. The Balaban J connectivity index is 1.89. The van der Waals surface area contributed by atoms with Gasteiger partial charge in [0.25, 0.3) is 5.91 Å². The van der Waals surface area contributed by atoms with Crippen molar-refractivity contribution in [2.24, 2.45) is 35.0 Å². The lowest BCUT2D eigenvalue weighted by Crippen LogP contribution is -2.62. The van der Waals surface area contributed by atoms with E-state index in [1.807, 2.05) is 13.8 Å². The van der Waals surface area contributed by atoms with Gasteiger partial charge >= 0.3 is 5.97 Å². The maximum atomic E-state index is 15.1. The average molecular weight is 1530 g/mol. The summed E-state index contributed by atoms with van der Waals surface area (Å²) in [6, 6.07) is -2.10. The van der Waals surface area contributed by atoms with E-state index in [-0.39, 0.29) is 82.7 Å². The molecule has 4 rings (SSSR count). The van der Waals surface area contributed by atoms with E-state index in [0.29, 0.717) is 41.2 Å². The number of nitrogens with two attached hydrogens (primary N) is 3. The van der Waals surface area contributed by atoms with Gasteiger partial charge in [0.15, 0.2) is 6.10 Å². The molecule has 1 aliphatic rings. The van der Waals surface area contributed by atoms with Gasteiger partial charge in [-0.2, -0.15) is 0 Å². The first-order valence-electron chi connectivity index (χ1n) is 36.9. The molecule has 13 atom stereocenters. The number of primary amides is 1. The predicted octanol–water partition coefficient (Wildman–Crippen LogP) is -2.59. The summed E-state index contributed by atoms with van der Waals surface area (Å²) in [7, 11) is 3.71. The number of rotatable bonds is 24. The summed E-state index contributed by atoms with van der Waals surface area (Å²) in [6.45, 7) is 12.3. The molecule has 602 valence electrons. The lowest BCUT2D eigenvalue weighted by Gasteiger charge is -2.34. The molecule has 1 aromatic heterocycles. The summed E-state index contributed by atoms with van der Waals surface area (Å²) in [4.78, 5) is 231. The first-order chi connectivity index (χ1) is 51.5. The summed E-state index contributed by atoms with van der Waals surface area (Å²) in [5.74, 6) is -15.9. The number of esters is 1. The Hall–Kier alpha value is -10.4. The van der Waals surface area contributed by atoms with Gasteiger partial charge in [0.1, 0.15) is 78.9 Å². The fraction of sp³-hybridized carbons (Fsp3) is 0.595. The Morgan fingerprint density at radius 1 is 0.606 bits per heavy atom. The van der Waals surface area contributed by atoms with E-state index in [1.165, 1.54) is 27.9 Å². The number of aromatic amines is 1. The van der Waals surface area contributed by atoms with E-state index >= 15 is 4.79 Å². The van der Waals surface area contributed by atoms with E-state index in [1.54, 1.807) is 88.5 Å². The molecule has 35 heteroatoms. The quantitative estimate of drug-likeness (QED) is 0.0323. The zero-order chi connectivity index (χ0) is 81.4. The van der Waals surface area contributed by atoms with Crippen LogP contribution in [0.25, 0.3) is 10.9 Å². The summed E-state index contributed by atoms with van der Waals surface area (Å²) in [5, 5.41) is 39.0. The standard InChI is InChI=1S/C74H113N17O18/c1-40(2)21-17-24-47-36-58(94)81-44(8)64(98)89-60(62(96)72(106)78-9)71(105)82-43(7)63(97)80-39-59(95)90(10)56(34-45-22-13-12-14-23-45)70(104)88-53(33-41(3)4)67(101)84-50(27-18-30-75)65(99)83-51(29-20-32-92)66(100)87-55(37-57(77)93)69(103)86-54(35-46-38-79-49-26-16-15-25-48(46)49)68(102)85-52(28-19-31-76)73(107)91(11)61(42(5)6)74(108)109-47/h12-16,22-23,25-26,32,38,40-44,47,50-56,60-62,79,96H,17-21,24,27-31,33-37,39,75-76H2,1-11H3,(H2,77,93)(H,78,106)(H,80,97)(H,81,94)(H,82,105)(H,83,99)(H,84,101)(H,85,102)(H,86,103)(H,87,100)(H,88,104)(H,89,98). The summed E-state index contributed by atoms with van der Waals surface area (Å²) in [5.41, 5.74) is 19.3. The number of carbonyl (C=O) groups excluding carboxylic acids is 16. The fourth-order valence-corrected chi connectivity index (χ4v) is 12.3. The number of nitrogens with zero attached hydrogens (tertiary/aromatic N) is 2. The molecule has 2 heterocycles. The van der Waals surface area contributed by atoms with Crippen molar-refractivity contribution in [2.45, 2.75) is 224 Å². The third kappa shape index (κ3) is 29.2. The molecule has 109 heavy (non-hydrogen) atoms. The Kier molecular flexibility index (Phi) is 37.9. The number of benzene rings is 2. The number of likely N-dealkylation sites (N-methyl/N-ethyl adjacent to an activating group) is 3. The average Bonchev–Trinajstić information content (AvgIpc) is 1.73. The number of fused-ring (bicyclic) bond motifs is 1. The van der Waals surface area contributed by atoms with Crippen LogP contribution in [-0.2, 0) is 94.3 Å². The third-order valence-electron chi connectivity index (χ3n) is 18.4. The maximum absolute atomic E-state index is 15.1. The van der Waals surface area contributed by atoms with Crippen LogP contribution in [0.2, 0.25) is 0 Å². The molecule has 1 fully saturated rings. The van der Waals surface area contributed by atoms with E-state index in [2.05, 4.69) is 63.5 Å². The normalized spacial score (nSPS) is 24.4. The smallest absolute Gasteiger partial charge is 0.329 e. The molecule has 0 saturated carbocycles. The van der Waals surface area contributed by atoms with Crippen LogP contribution in [0.1, 0.15) is 144 Å². The minimum atomic E-state index is -2.29. The number of carbonyl (C=O) groups is 16. The van der Waals surface area contributed by atoms with E-state index in [0.717, 1.165) is 16.8 Å². The van der Waals surface area contributed by atoms with Gasteiger partial charge in [-0.05, 0) is 113 Å². The fourth-order valence-electron chi connectivity index (χ4n) is 12.3. The molecule has 0 aliphatic carbocycles. The number of H-pyrrole nitrogens is 1. The van der Waals surface area contributed by atoms with Crippen LogP contribution in [0.4, 0.5) is 0 Å². The SMILES string of the molecule is CNC(=O)C(O)C1NC(=O)C(C)NC(=O)CC(CCCC(C)C)OC(=O)C(C(C)C)N(C)C(=O)C(CCCN)NC(=O)C(Cc2c[nH]c3ccccc23)NC(=O)C(CC(N)=O)NC(=O)C(CCC=O)NC(=O)C(CCCN)NC(=O)C(CC(C)C)NC(=O)C(Cc2ccccc2)N(C)C(=O)CNC(=O)C(C)NC1=O. The Morgan fingerprint density at radius 3 is 1.75 bits per heavy atom. The molecule has 1 aliphatic heterocycles. The highest BCUT2D eigenvalue weighted by atomic mass is 16.5. The second-order valence-corrected chi connectivity index (χ2v) is 28.6. The Labute approximate surface area is 634 Å². The van der Waals surface area contributed by atoms with Crippen molar-refractivity contribution >= 4 is 106 Å². The zero-order valence-electron chi connectivity index (χ0n) is 64.1. The van der Waals surface area contributed by atoms with Gasteiger partial charge in [-0.1, -0.05) is 96.5 Å². The van der Waals surface area contributed by atoms with Crippen molar-refractivity contribution in [2.75, 3.05) is 40.8 Å². The van der Waals surface area contributed by atoms with Gasteiger partial charge in [0, 0.05) is 57.5 Å². The monoisotopic (exact) mass is 1530 g/mol. The Bertz CT molecular complexity index is 3630. The Morgan fingerprint density at radius 2 is 1.16 bits per heavy atom. The van der Waals surface area contributed by atoms with E-state index in [9.17, 15) is 77.0 Å². The lowest BCUT2D eigenvalue weighted by atomic mass is 9.99. The van der Waals surface area contributed by atoms with Crippen molar-refractivity contribution in [1.29, 1.82) is 0 Å². The minimum Gasteiger partial charge on any atom is -0.460 e. The molecule has 2 aromatic carbocycles. The molecule has 35 nitrogen and oxygen atoms in total. The highest BCUT2D eigenvalue weighted by molar-refractivity contribution is 6.01. The van der Waals surface area contributed by atoms with Crippen LogP contribution < -0.4 is 75.7 Å². The highest BCUT2D eigenvalue weighted by Crippen LogP contribution is 2.23. The molecule has 13 unspecified atom stereocenters. The number of amides is 14. The summed E-state index contributed by atoms with van der Waals surface area (Å²) >= 11 is 0. The number of para-hydroxylation sites is 1. The van der Waals surface area contributed by atoms with Crippen LogP contribution >= 0.6 is 0 Å². The third-order valence-corrected chi connectivity index (χ3v) is 18.4. The van der Waals surface area contributed by atoms with Crippen LogP contribution in [-0.4, -0.2) is 234 Å². The van der Waals surface area contributed by atoms with Gasteiger partial charge in [0.2, 0.25) is 76.8 Å². The van der Waals surface area contributed by atoms with E-state index in [4.69, 9.17) is 21.9 Å². The highest BCUT2D eigenvalue weighted by Gasteiger charge is 2.41. The van der Waals surface area contributed by atoms with Gasteiger partial charge in [-0.15, -0.1) is 0 Å². The number of aromatic nitrogens is 1. The maximum Gasteiger partial charge on any atom is 0.329 e. The first kappa shape index (κ1) is 91.0.